The molecule has 11 rings (SSSR count). The number of fused-ring (bicyclic) bond motifs is 6. The summed E-state index contributed by atoms with van der Waals surface area (Å²) >= 11 is 0. The van der Waals surface area contributed by atoms with Crippen molar-refractivity contribution in [1.82, 2.24) is 19.5 Å². The molecule has 0 atom stereocenters. The number of furan rings is 1. The predicted octanol–water partition coefficient (Wildman–Crippen LogP) is 13.2. The highest BCUT2D eigenvalue weighted by molar-refractivity contribution is 6.15. The van der Waals surface area contributed by atoms with Crippen LogP contribution in [0.3, 0.4) is 0 Å². The van der Waals surface area contributed by atoms with Crippen LogP contribution in [-0.2, 0) is 0 Å². The van der Waals surface area contributed by atoms with Crippen molar-refractivity contribution >= 4 is 43.7 Å². The molecule has 0 spiro atoms. The maximum absolute atomic E-state index is 6.22. The Morgan fingerprint density at radius 1 is 0.339 bits per heavy atom. The van der Waals surface area contributed by atoms with Gasteiger partial charge in [-0.05, 0) is 64.7 Å². The van der Waals surface area contributed by atoms with Gasteiger partial charge >= 0.3 is 0 Å². The third-order valence-corrected chi connectivity index (χ3v) is 10.7. The highest BCUT2D eigenvalue weighted by Gasteiger charge is 2.18. The molecule has 0 saturated heterocycles. The second-order valence-corrected chi connectivity index (χ2v) is 14.0. The molecular weight excluding hydrogens is 685 g/mol. The Labute approximate surface area is 322 Å². The zero-order valence-electron chi connectivity index (χ0n) is 30.2. The zero-order chi connectivity index (χ0) is 37.0. The monoisotopic (exact) mass is 716 g/mol. The molecule has 3 aromatic heterocycles. The molecule has 11 aromatic rings. The van der Waals surface area contributed by atoms with E-state index in [-0.39, 0.29) is 0 Å². The first kappa shape index (κ1) is 31.9. The van der Waals surface area contributed by atoms with Crippen molar-refractivity contribution in [2.45, 2.75) is 0 Å². The summed E-state index contributed by atoms with van der Waals surface area (Å²) in [6.07, 6.45) is 0. The fourth-order valence-corrected chi connectivity index (χ4v) is 8.01. The summed E-state index contributed by atoms with van der Waals surface area (Å²) in [5.41, 5.74) is 12.5. The number of benzene rings is 8. The van der Waals surface area contributed by atoms with Gasteiger partial charge in [-0.3, -0.25) is 0 Å². The fourth-order valence-electron chi connectivity index (χ4n) is 8.01. The lowest BCUT2D eigenvalue weighted by molar-refractivity contribution is 0.669. The molecule has 0 fully saturated rings. The van der Waals surface area contributed by atoms with E-state index in [1.165, 1.54) is 32.9 Å². The van der Waals surface area contributed by atoms with Crippen LogP contribution in [-0.4, -0.2) is 19.5 Å². The van der Waals surface area contributed by atoms with Crippen molar-refractivity contribution in [2.75, 3.05) is 0 Å². The second kappa shape index (κ2) is 13.0. The number of hydrogen-bond acceptors (Lipinski definition) is 4. The van der Waals surface area contributed by atoms with E-state index >= 15 is 0 Å². The van der Waals surface area contributed by atoms with E-state index in [0.29, 0.717) is 17.5 Å². The van der Waals surface area contributed by atoms with Crippen molar-refractivity contribution < 1.29 is 4.42 Å². The van der Waals surface area contributed by atoms with E-state index in [1.54, 1.807) is 0 Å². The van der Waals surface area contributed by atoms with Gasteiger partial charge in [-0.25, -0.2) is 15.0 Å². The minimum Gasteiger partial charge on any atom is -0.456 e. The number of rotatable bonds is 6. The number of nitrogens with zero attached hydrogens (tertiary/aromatic N) is 4. The largest absolute Gasteiger partial charge is 0.456 e. The molecule has 0 aliphatic heterocycles. The van der Waals surface area contributed by atoms with E-state index in [1.807, 2.05) is 54.6 Å². The summed E-state index contributed by atoms with van der Waals surface area (Å²) < 4.78 is 8.61. The van der Waals surface area contributed by atoms with Crippen LogP contribution in [0.2, 0.25) is 0 Å². The smallest absolute Gasteiger partial charge is 0.164 e. The van der Waals surface area contributed by atoms with Crippen LogP contribution in [0.15, 0.2) is 199 Å². The van der Waals surface area contributed by atoms with Crippen LogP contribution >= 0.6 is 0 Å². The van der Waals surface area contributed by atoms with Crippen molar-refractivity contribution in [3.05, 3.63) is 194 Å². The quantitative estimate of drug-likeness (QED) is 0.172. The molecule has 5 nitrogen and oxygen atoms in total. The van der Waals surface area contributed by atoms with Crippen LogP contribution in [0, 0.1) is 0 Å². The summed E-state index contributed by atoms with van der Waals surface area (Å²) in [5.74, 6) is 1.82. The Morgan fingerprint density at radius 3 is 1.68 bits per heavy atom. The van der Waals surface area contributed by atoms with Crippen LogP contribution in [0.1, 0.15) is 0 Å². The summed E-state index contributed by atoms with van der Waals surface area (Å²) in [4.78, 5) is 15.0. The minimum absolute atomic E-state index is 0.592. The Balaban J connectivity index is 0.989. The molecule has 0 aliphatic rings. The SMILES string of the molecule is c1ccc(-c2nc(-c3ccc(-c4cccc(-n5c6ccccc6c6c(-c7ccccc7)cccc65)c4)cc3)nc(-c3ccc4c(c3)oc3ccccc34)n2)cc1. The standard InChI is InChI=1S/C51H32N4O/c1-3-13-34(14-4-1)40-21-12-23-45-48(40)43-20-7-9-22-44(43)55(45)39-18-11-17-37(31-39)33-25-27-36(28-26-33)50-52-49(35-15-5-2-6-16-35)53-51(54-50)38-29-30-42-41-19-8-10-24-46(41)56-47(42)32-38/h1-32H. The Kier molecular flexibility index (Phi) is 7.42. The topological polar surface area (TPSA) is 56.7 Å². The van der Waals surface area contributed by atoms with Crippen molar-refractivity contribution in [3.8, 4) is 62.1 Å². The van der Waals surface area contributed by atoms with Gasteiger partial charge < -0.3 is 8.98 Å². The van der Waals surface area contributed by atoms with Crippen molar-refractivity contribution in [2.24, 2.45) is 0 Å². The molecule has 56 heavy (non-hydrogen) atoms. The summed E-state index contributed by atoms with van der Waals surface area (Å²) in [6.45, 7) is 0. The molecule has 0 amide bonds. The summed E-state index contributed by atoms with van der Waals surface area (Å²) in [6, 6.07) is 67.6. The van der Waals surface area contributed by atoms with E-state index in [0.717, 1.165) is 55.4 Å². The molecule has 0 saturated carbocycles. The van der Waals surface area contributed by atoms with Gasteiger partial charge in [0.05, 0.1) is 11.0 Å². The third-order valence-electron chi connectivity index (χ3n) is 10.7. The van der Waals surface area contributed by atoms with Gasteiger partial charge in [0.1, 0.15) is 11.2 Å². The van der Waals surface area contributed by atoms with Gasteiger partial charge in [0.2, 0.25) is 0 Å². The molecule has 262 valence electrons. The van der Waals surface area contributed by atoms with E-state index < -0.39 is 0 Å². The average Bonchev–Trinajstić information content (AvgIpc) is 3.82. The normalized spacial score (nSPS) is 11.6. The number of aromatic nitrogens is 4. The first-order valence-corrected chi connectivity index (χ1v) is 18.8. The van der Waals surface area contributed by atoms with Crippen LogP contribution in [0.4, 0.5) is 0 Å². The van der Waals surface area contributed by atoms with Gasteiger partial charge in [0.15, 0.2) is 17.5 Å². The summed E-state index contributed by atoms with van der Waals surface area (Å²) in [7, 11) is 0. The Bertz CT molecular complexity index is 3240. The van der Waals surface area contributed by atoms with Gasteiger partial charge in [0, 0.05) is 43.9 Å². The molecule has 0 aliphatic carbocycles. The van der Waals surface area contributed by atoms with E-state index in [9.17, 15) is 0 Å². The van der Waals surface area contributed by atoms with Crippen LogP contribution < -0.4 is 0 Å². The lowest BCUT2D eigenvalue weighted by Gasteiger charge is -2.12. The fraction of sp³-hybridized carbons (Fsp3) is 0. The zero-order valence-corrected chi connectivity index (χ0v) is 30.2. The molecule has 8 aromatic carbocycles. The lowest BCUT2D eigenvalue weighted by atomic mass is 9.99. The first-order valence-electron chi connectivity index (χ1n) is 18.8. The van der Waals surface area contributed by atoms with Crippen LogP contribution in [0.25, 0.3) is 106 Å². The number of para-hydroxylation sites is 2. The maximum Gasteiger partial charge on any atom is 0.164 e. The Morgan fingerprint density at radius 2 is 0.893 bits per heavy atom. The first-order chi connectivity index (χ1) is 27.7. The van der Waals surface area contributed by atoms with Crippen LogP contribution in [0.5, 0.6) is 0 Å². The highest BCUT2D eigenvalue weighted by atomic mass is 16.3. The highest BCUT2D eigenvalue weighted by Crippen LogP contribution is 2.39. The third kappa shape index (κ3) is 5.37. The number of hydrogen-bond donors (Lipinski definition) is 0. The molecule has 3 heterocycles. The lowest BCUT2D eigenvalue weighted by Crippen LogP contribution is -2.00. The second-order valence-electron chi connectivity index (χ2n) is 14.0. The molecule has 5 heteroatoms. The maximum atomic E-state index is 6.22. The van der Waals surface area contributed by atoms with Gasteiger partial charge in [0.25, 0.3) is 0 Å². The summed E-state index contributed by atoms with van der Waals surface area (Å²) in [5, 5.41) is 4.65. The Hall–Kier alpha value is -7.63. The average molecular weight is 717 g/mol. The molecule has 0 N–H and O–H groups in total. The van der Waals surface area contributed by atoms with E-state index in [4.69, 9.17) is 19.4 Å². The van der Waals surface area contributed by atoms with Crippen molar-refractivity contribution in [3.63, 3.8) is 0 Å². The minimum atomic E-state index is 0.592. The van der Waals surface area contributed by atoms with Crippen molar-refractivity contribution in [1.29, 1.82) is 0 Å². The van der Waals surface area contributed by atoms with Gasteiger partial charge in [-0.1, -0.05) is 152 Å². The van der Waals surface area contributed by atoms with Gasteiger partial charge in [-0.15, -0.1) is 0 Å². The molecule has 0 radical (unpaired) electrons. The van der Waals surface area contributed by atoms with E-state index in [2.05, 4.69) is 144 Å². The predicted molar refractivity (Wildman–Crippen MR) is 229 cm³/mol. The molecular formula is C51H32N4O. The van der Waals surface area contributed by atoms with Gasteiger partial charge in [-0.2, -0.15) is 0 Å². The molecule has 0 bridgehead atoms. The molecule has 0 unspecified atom stereocenters.